The first-order valence-electron chi connectivity index (χ1n) is 3.59. The van der Waals surface area contributed by atoms with Gasteiger partial charge in [0.05, 0.1) is 5.69 Å². The molecule has 1 aliphatic rings. The number of nitrogens with one attached hydrogen (secondary N) is 1. The molecule has 1 aromatic heterocycles. The second-order valence-corrected chi connectivity index (χ2v) is 2.54. The molecule has 2 heterocycles. The first kappa shape index (κ1) is 5.92. The van der Waals surface area contributed by atoms with Crippen molar-refractivity contribution in [1.29, 1.82) is 0 Å². The standard InChI is InChI=1S/C7H10N2O/c1-3-8-4-2-7-6(1)5-10-9-7/h5,8H,1-4H2. The normalized spacial score (nSPS) is 18.0. The van der Waals surface area contributed by atoms with Crippen molar-refractivity contribution < 1.29 is 4.52 Å². The molecule has 1 aromatic rings. The lowest BCUT2D eigenvalue weighted by molar-refractivity contribution is 0.409. The molecule has 0 radical (unpaired) electrons. The Bertz CT molecular complexity index is 199. The quantitative estimate of drug-likeness (QED) is 0.562. The first-order valence-corrected chi connectivity index (χ1v) is 3.59. The van der Waals surface area contributed by atoms with Crippen LogP contribution < -0.4 is 5.32 Å². The van der Waals surface area contributed by atoms with Crippen LogP contribution in [0.1, 0.15) is 11.3 Å². The van der Waals surface area contributed by atoms with E-state index in [1.165, 1.54) is 5.56 Å². The monoisotopic (exact) mass is 138 g/mol. The van der Waals surface area contributed by atoms with Crippen molar-refractivity contribution in [3.8, 4) is 0 Å². The Labute approximate surface area is 59.4 Å². The molecule has 3 heteroatoms. The molecule has 3 nitrogen and oxygen atoms in total. The van der Waals surface area contributed by atoms with Crippen LogP contribution in [-0.2, 0) is 12.8 Å². The summed E-state index contributed by atoms with van der Waals surface area (Å²) < 4.78 is 4.85. The largest absolute Gasteiger partial charge is 0.364 e. The van der Waals surface area contributed by atoms with Crippen LogP contribution in [0.2, 0.25) is 0 Å². The SMILES string of the molecule is c1onc2c1CCNCC2. The topological polar surface area (TPSA) is 38.1 Å². The fourth-order valence-corrected chi connectivity index (χ4v) is 1.24. The van der Waals surface area contributed by atoms with Crippen LogP contribution >= 0.6 is 0 Å². The van der Waals surface area contributed by atoms with Crippen molar-refractivity contribution in [2.24, 2.45) is 0 Å². The zero-order chi connectivity index (χ0) is 6.81. The van der Waals surface area contributed by atoms with Gasteiger partial charge in [-0.3, -0.25) is 0 Å². The smallest absolute Gasteiger partial charge is 0.127 e. The zero-order valence-corrected chi connectivity index (χ0v) is 5.76. The van der Waals surface area contributed by atoms with Gasteiger partial charge in [0.2, 0.25) is 0 Å². The fraction of sp³-hybridized carbons (Fsp3) is 0.571. The Hall–Kier alpha value is -0.830. The van der Waals surface area contributed by atoms with Crippen LogP contribution in [0.15, 0.2) is 10.8 Å². The minimum Gasteiger partial charge on any atom is -0.364 e. The van der Waals surface area contributed by atoms with Gasteiger partial charge in [0, 0.05) is 18.5 Å². The number of rotatable bonds is 0. The van der Waals surface area contributed by atoms with E-state index in [2.05, 4.69) is 10.5 Å². The molecule has 1 N–H and O–H groups in total. The molecule has 54 valence electrons. The summed E-state index contributed by atoms with van der Waals surface area (Å²) in [6, 6.07) is 0. The molecule has 2 rings (SSSR count). The fourth-order valence-electron chi connectivity index (χ4n) is 1.24. The predicted molar refractivity (Wildman–Crippen MR) is 36.8 cm³/mol. The summed E-state index contributed by atoms with van der Waals surface area (Å²) in [7, 11) is 0. The highest BCUT2D eigenvalue weighted by Gasteiger charge is 2.09. The molecule has 0 saturated carbocycles. The molecule has 0 bridgehead atoms. The van der Waals surface area contributed by atoms with Crippen molar-refractivity contribution in [2.75, 3.05) is 13.1 Å². The molecule has 0 atom stereocenters. The van der Waals surface area contributed by atoms with Gasteiger partial charge in [-0.2, -0.15) is 0 Å². The van der Waals surface area contributed by atoms with Crippen LogP contribution in [-0.4, -0.2) is 18.2 Å². The van der Waals surface area contributed by atoms with Gasteiger partial charge in [-0.05, 0) is 13.0 Å². The maximum absolute atomic E-state index is 4.85. The number of aromatic nitrogens is 1. The van der Waals surface area contributed by atoms with E-state index in [4.69, 9.17) is 4.52 Å². The van der Waals surface area contributed by atoms with E-state index in [1.54, 1.807) is 6.26 Å². The van der Waals surface area contributed by atoms with Crippen molar-refractivity contribution in [2.45, 2.75) is 12.8 Å². The molecule has 0 fully saturated rings. The predicted octanol–water partition coefficient (Wildman–Crippen LogP) is 0.363. The Morgan fingerprint density at radius 3 is 3.30 bits per heavy atom. The second kappa shape index (κ2) is 2.42. The average molecular weight is 138 g/mol. The van der Waals surface area contributed by atoms with E-state index in [1.807, 2.05) is 0 Å². The molecular formula is C7H10N2O. The minimum absolute atomic E-state index is 1.01. The van der Waals surface area contributed by atoms with Crippen molar-refractivity contribution >= 4 is 0 Å². The summed E-state index contributed by atoms with van der Waals surface area (Å²) >= 11 is 0. The van der Waals surface area contributed by atoms with E-state index in [9.17, 15) is 0 Å². The lowest BCUT2D eigenvalue weighted by Gasteiger charge is -1.92. The van der Waals surface area contributed by atoms with Crippen molar-refractivity contribution in [3.05, 3.63) is 17.5 Å². The van der Waals surface area contributed by atoms with Gasteiger partial charge in [0.25, 0.3) is 0 Å². The van der Waals surface area contributed by atoms with E-state index >= 15 is 0 Å². The van der Waals surface area contributed by atoms with E-state index in [0.717, 1.165) is 31.6 Å². The maximum atomic E-state index is 4.85. The minimum atomic E-state index is 1.01. The average Bonchev–Trinajstić information content (AvgIpc) is 2.28. The van der Waals surface area contributed by atoms with Gasteiger partial charge in [0.1, 0.15) is 6.26 Å². The molecule has 0 saturated heterocycles. The third-order valence-electron chi connectivity index (χ3n) is 1.84. The highest BCUT2D eigenvalue weighted by molar-refractivity contribution is 5.16. The molecule has 0 spiro atoms. The van der Waals surface area contributed by atoms with Gasteiger partial charge in [0.15, 0.2) is 0 Å². The number of hydrogen-bond donors (Lipinski definition) is 1. The van der Waals surface area contributed by atoms with Crippen LogP contribution in [0.3, 0.4) is 0 Å². The lowest BCUT2D eigenvalue weighted by Crippen LogP contribution is -2.16. The van der Waals surface area contributed by atoms with Gasteiger partial charge < -0.3 is 9.84 Å². The molecule has 0 aromatic carbocycles. The highest BCUT2D eigenvalue weighted by atomic mass is 16.5. The van der Waals surface area contributed by atoms with Crippen LogP contribution in [0.25, 0.3) is 0 Å². The van der Waals surface area contributed by atoms with Crippen molar-refractivity contribution in [1.82, 2.24) is 10.5 Å². The second-order valence-electron chi connectivity index (χ2n) is 2.54. The number of hydrogen-bond acceptors (Lipinski definition) is 3. The molecule has 1 aliphatic heterocycles. The Kier molecular flexibility index (Phi) is 1.43. The van der Waals surface area contributed by atoms with Crippen molar-refractivity contribution in [3.63, 3.8) is 0 Å². The van der Waals surface area contributed by atoms with Crippen LogP contribution in [0.5, 0.6) is 0 Å². The van der Waals surface area contributed by atoms with Gasteiger partial charge in [-0.25, -0.2) is 0 Å². The molecular weight excluding hydrogens is 128 g/mol. The summed E-state index contributed by atoms with van der Waals surface area (Å²) in [5.74, 6) is 0. The lowest BCUT2D eigenvalue weighted by atomic mass is 10.2. The van der Waals surface area contributed by atoms with Crippen LogP contribution in [0.4, 0.5) is 0 Å². The van der Waals surface area contributed by atoms with E-state index < -0.39 is 0 Å². The summed E-state index contributed by atoms with van der Waals surface area (Å²) in [5.41, 5.74) is 2.40. The van der Waals surface area contributed by atoms with E-state index in [0.29, 0.717) is 0 Å². The Balaban J connectivity index is 2.28. The Morgan fingerprint density at radius 2 is 2.30 bits per heavy atom. The number of nitrogens with zero attached hydrogens (tertiary/aromatic N) is 1. The summed E-state index contributed by atoms with van der Waals surface area (Å²) in [6.07, 6.45) is 3.81. The first-order chi connectivity index (χ1) is 4.97. The third-order valence-corrected chi connectivity index (χ3v) is 1.84. The summed E-state index contributed by atoms with van der Waals surface area (Å²) in [5, 5.41) is 7.20. The Morgan fingerprint density at radius 1 is 1.40 bits per heavy atom. The summed E-state index contributed by atoms with van der Waals surface area (Å²) in [6.45, 7) is 2.08. The molecule has 10 heavy (non-hydrogen) atoms. The van der Waals surface area contributed by atoms with Gasteiger partial charge in [-0.15, -0.1) is 0 Å². The zero-order valence-electron chi connectivity index (χ0n) is 5.76. The molecule has 0 aliphatic carbocycles. The van der Waals surface area contributed by atoms with Crippen LogP contribution in [0, 0.1) is 0 Å². The van der Waals surface area contributed by atoms with Gasteiger partial charge >= 0.3 is 0 Å². The molecule has 0 unspecified atom stereocenters. The summed E-state index contributed by atoms with van der Waals surface area (Å²) in [4.78, 5) is 0. The van der Waals surface area contributed by atoms with Gasteiger partial charge in [-0.1, -0.05) is 5.16 Å². The van der Waals surface area contributed by atoms with E-state index in [-0.39, 0.29) is 0 Å². The molecule has 0 amide bonds. The highest BCUT2D eigenvalue weighted by Crippen LogP contribution is 2.09. The maximum Gasteiger partial charge on any atom is 0.127 e. The third kappa shape index (κ3) is 0.926. The number of fused-ring (bicyclic) bond motifs is 1.